The largest absolute Gasteiger partial charge is 0.472 e. The van der Waals surface area contributed by atoms with Gasteiger partial charge < -0.3 is 33.8 Å². The number of ether oxygens (including phenoxy) is 4. The molecule has 3 N–H and O–H groups in total. The van der Waals surface area contributed by atoms with Crippen LogP contribution < -0.4 is 0 Å². The van der Waals surface area contributed by atoms with Gasteiger partial charge in [0, 0.05) is 25.7 Å². The molecule has 0 aliphatic carbocycles. The lowest BCUT2D eigenvalue weighted by molar-refractivity contribution is -0.161. The van der Waals surface area contributed by atoms with Crippen LogP contribution in [0.4, 0.5) is 0 Å². The van der Waals surface area contributed by atoms with E-state index in [9.17, 15) is 43.2 Å². The monoisotopic (exact) mass is 1440 g/mol. The number of hydrogen-bond donors (Lipinski definition) is 3. The molecule has 0 aliphatic heterocycles. The van der Waals surface area contributed by atoms with Crippen molar-refractivity contribution >= 4 is 39.5 Å². The maximum absolute atomic E-state index is 13.1. The van der Waals surface area contributed by atoms with Gasteiger partial charge in [-0.1, -0.05) is 357 Å². The van der Waals surface area contributed by atoms with Crippen molar-refractivity contribution in [2.45, 2.75) is 426 Å². The molecule has 0 aliphatic rings. The Morgan fingerprint density at radius 3 is 0.776 bits per heavy atom. The van der Waals surface area contributed by atoms with Crippen LogP contribution in [-0.2, 0) is 65.4 Å². The minimum atomic E-state index is -4.96. The fourth-order valence-electron chi connectivity index (χ4n) is 12.1. The van der Waals surface area contributed by atoms with Crippen molar-refractivity contribution in [3.05, 3.63) is 0 Å². The molecule has 582 valence electrons. The molecule has 0 radical (unpaired) electrons. The first kappa shape index (κ1) is 96.1. The second-order valence-electron chi connectivity index (χ2n) is 29.6. The van der Waals surface area contributed by atoms with Crippen molar-refractivity contribution in [3.8, 4) is 0 Å². The van der Waals surface area contributed by atoms with Gasteiger partial charge in [-0.15, -0.1) is 0 Å². The summed E-state index contributed by atoms with van der Waals surface area (Å²) in [7, 11) is -9.92. The quantitative estimate of drug-likeness (QED) is 0.0222. The van der Waals surface area contributed by atoms with Gasteiger partial charge in [0.05, 0.1) is 26.4 Å². The summed E-state index contributed by atoms with van der Waals surface area (Å²) in [6.45, 7) is 11.9. The highest BCUT2D eigenvalue weighted by Crippen LogP contribution is 2.45. The van der Waals surface area contributed by atoms with Crippen LogP contribution in [0, 0.1) is 17.8 Å². The number of esters is 4. The summed E-state index contributed by atoms with van der Waals surface area (Å²) < 4.78 is 68.7. The van der Waals surface area contributed by atoms with E-state index < -0.39 is 97.5 Å². The normalized spacial score (nSPS) is 14.3. The standard InChI is InChI=1S/C79H154O17P2/c1-8-10-11-12-13-14-15-16-17-18-19-22-26-32-41-48-55-62-78(83)95-74(66-89-76(81)60-53-46-39-31-25-23-20-21-24-29-36-43-50-57-70(3)4)68-93-97(85,86)91-64-73(80)65-92-98(87,88)94-69-75(67-90-77(82)61-54-47-40-35-34-38-45-52-59-72(7)9-2)96-79(84)63-56-49-42-33-28-27-30-37-44-51-58-71(5)6/h70-75,80H,8-69H2,1-7H3,(H,85,86)(H,87,88)/t72?,73-,74-,75-/m1/s1. The lowest BCUT2D eigenvalue weighted by atomic mass is 9.99. The SMILES string of the molecule is CCCCCCCCCCCCCCCCCCCC(=O)O[C@H](COC(=O)CCCCCCCCCCCCCCCC(C)C)COP(=O)(O)OC[C@@H](O)COP(=O)(O)OC[C@@H](COC(=O)CCCCCCCCCCC(C)CC)OC(=O)CCCCCCCCCCCCC(C)C. The van der Waals surface area contributed by atoms with Crippen LogP contribution in [0.5, 0.6) is 0 Å². The van der Waals surface area contributed by atoms with E-state index in [2.05, 4.69) is 48.5 Å². The van der Waals surface area contributed by atoms with E-state index in [-0.39, 0.29) is 25.7 Å². The molecule has 3 unspecified atom stereocenters. The number of carbonyl (C=O) groups is 4. The van der Waals surface area contributed by atoms with Crippen molar-refractivity contribution in [2.75, 3.05) is 39.6 Å². The molecule has 0 heterocycles. The first-order valence-electron chi connectivity index (χ1n) is 40.9. The maximum atomic E-state index is 13.1. The molecule has 0 spiro atoms. The Bertz CT molecular complexity index is 1910. The van der Waals surface area contributed by atoms with E-state index in [1.165, 1.54) is 218 Å². The number of phosphoric ester groups is 2. The third kappa shape index (κ3) is 71.1. The predicted octanol–water partition coefficient (Wildman–Crippen LogP) is 23.4. The van der Waals surface area contributed by atoms with Gasteiger partial charge in [0.1, 0.15) is 19.3 Å². The maximum Gasteiger partial charge on any atom is 0.472 e. The number of rotatable bonds is 77. The van der Waals surface area contributed by atoms with Crippen LogP contribution in [0.15, 0.2) is 0 Å². The Morgan fingerprint density at radius 1 is 0.296 bits per heavy atom. The summed E-state index contributed by atoms with van der Waals surface area (Å²) in [5.41, 5.74) is 0. The zero-order chi connectivity index (χ0) is 72.3. The summed E-state index contributed by atoms with van der Waals surface area (Å²) in [4.78, 5) is 73.0. The first-order chi connectivity index (χ1) is 47.3. The lowest BCUT2D eigenvalue weighted by Crippen LogP contribution is -2.30. The van der Waals surface area contributed by atoms with Gasteiger partial charge >= 0.3 is 39.5 Å². The van der Waals surface area contributed by atoms with Crippen LogP contribution in [0.1, 0.15) is 408 Å². The van der Waals surface area contributed by atoms with Crippen LogP contribution >= 0.6 is 15.6 Å². The Balaban J connectivity index is 5.27. The molecule has 19 heteroatoms. The highest BCUT2D eigenvalue weighted by molar-refractivity contribution is 7.47. The van der Waals surface area contributed by atoms with Crippen molar-refractivity contribution in [2.24, 2.45) is 17.8 Å². The molecule has 0 aromatic carbocycles. The predicted molar refractivity (Wildman–Crippen MR) is 400 cm³/mol. The zero-order valence-electron chi connectivity index (χ0n) is 64.3. The minimum Gasteiger partial charge on any atom is -0.462 e. The summed E-state index contributed by atoms with van der Waals surface area (Å²) >= 11 is 0. The smallest absolute Gasteiger partial charge is 0.462 e. The summed E-state index contributed by atoms with van der Waals surface area (Å²) in [6.07, 6.45) is 56.8. The van der Waals surface area contributed by atoms with Gasteiger partial charge in [-0.3, -0.25) is 37.3 Å². The van der Waals surface area contributed by atoms with Gasteiger partial charge in [-0.2, -0.15) is 0 Å². The van der Waals surface area contributed by atoms with Gasteiger partial charge in [-0.05, 0) is 43.4 Å². The van der Waals surface area contributed by atoms with Crippen LogP contribution in [0.25, 0.3) is 0 Å². The van der Waals surface area contributed by atoms with E-state index in [0.717, 1.165) is 108 Å². The average molecular weight is 1440 g/mol. The van der Waals surface area contributed by atoms with E-state index in [4.69, 9.17) is 37.0 Å². The van der Waals surface area contributed by atoms with E-state index in [1.54, 1.807) is 0 Å². The number of carbonyl (C=O) groups excluding carboxylic acids is 4. The molecule has 0 aromatic heterocycles. The first-order valence-corrected chi connectivity index (χ1v) is 43.9. The van der Waals surface area contributed by atoms with Gasteiger partial charge in [0.25, 0.3) is 0 Å². The summed E-state index contributed by atoms with van der Waals surface area (Å²) in [6, 6.07) is 0. The van der Waals surface area contributed by atoms with E-state index in [0.29, 0.717) is 25.7 Å². The van der Waals surface area contributed by atoms with E-state index >= 15 is 0 Å². The topological polar surface area (TPSA) is 237 Å². The average Bonchev–Trinajstić information content (AvgIpc) is 0.949. The fraction of sp³-hybridized carbons (Fsp3) is 0.949. The zero-order valence-corrected chi connectivity index (χ0v) is 66.0. The number of aliphatic hydroxyl groups excluding tert-OH is 1. The van der Waals surface area contributed by atoms with Crippen molar-refractivity contribution in [1.29, 1.82) is 0 Å². The third-order valence-corrected chi connectivity index (χ3v) is 20.6. The fourth-order valence-corrected chi connectivity index (χ4v) is 13.7. The molecule has 0 bridgehead atoms. The number of aliphatic hydroxyl groups is 1. The van der Waals surface area contributed by atoms with Gasteiger partial charge in [0.15, 0.2) is 12.2 Å². The second-order valence-corrected chi connectivity index (χ2v) is 32.6. The number of unbranched alkanes of at least 4 members (excludes halogenated alkanes) is 44. The summed E-state index contributed by atoms with van der Waals surface area (Å²) in [5.74, 6) is 0.208. The summed E-state index contributed by atoms with van der Waals surface area (Å²) in [5, 5.41) is 10.6. The Morgan fingerprint density at radius 2 is 0.520 bits per heavy atom. The molecule has 0 aromatic rings. The minimum absolute atomic E-state index is 0.105. The van der Waals surface area contributed by atoms with Crippen molar-refractivity contribution in [1.82, 2.24) is 0 Å². The van der Waals surface area contributed by atoms with Gasteiger partial charge in [-0.25, -0.2) is 9.13 Å². The third-order valence-electron chi connectivity index (χ3n) is 18.7. The molecule has 98 heavy (non-hydrogen) atoms. The highest BCUT2D eigenvalue weighted by atomic mass is 31.2. The molecule has 0 saturated heterocycles. The Labute approximate surface area is 600 Å². The molecule has 0 amide bonds. The van der Waals surface area contributed by atoms with Crippen molar-refractivity contribution < 1.29 is 80.2 Å². The van der Waals surface area contributed by atoms with Crippen LogP contribution in [0.2, 0.25) is 0 Å². The number of hydrogen-bond acceptors (Lipinski definition) is 15. The lowest BCUT2D eigenvalue weighted by Gasteiger charge is -2.21. The molecular formula is C79H154O17P2. The van der Waals surface area contributed by atoms with Crippen LogP contribution in [0.3, 0.4) is 0 Å². The molecule has 0 saturated carbocycles. The Kier molecular flexibility index (Phi) is 68.1. The Hall–Kier alpha value is -1.94. The van der Waals surface area contributed by atoms with Crippen molar-refractivity contribution in [3.63, 3.8) is 0 Å². The highest BCUT2D eigenvalue weighted by Gasteiger charge is 2.30. The second kappa shape index (κ2) is 69.4. The molecule has 0 rings (SSSR count). The van der Waals surface area contributed by atoms with E-state index in [1.807, 2.05) is 0 Å². The molecule has 0 fully saturated rings. The van der Waals surface area contributed by atoms with Gasteiger partial charge in [0.2, 0.25) is 0 Å². The van der Waals surface area contributed by atoms with Crippen LogP contribution in [-0.4, -0.2) is 96.7 Å². The molecule has 17 nitrogen and oxygen atoms in total. The number of phosphoric acid groups is 2. The molecule has 6 atom stereocenters. The molecular weight excluding hydrogens is 1280 g/mol.